The normalized spacial score (nSPS) is 25.3. The molecule has 2 bridgehead atoms. The summed E-state index contributed by atoms with van der Waals surface area (Å²) in [5.74, 6) is 4.93. The van der Waals surface area contributed by atoms with Crippen LogP contribution in [-0.4, -0.2) is 83.9 Å². The van der Waals surface area contributed by atoms with Gasteiger partial charge in [0, 0.05) is 18.3 Å². The summed E-state index contributed by atoms with van der Waals surface area (Å²) in [7, 11) is -1.53. The molecule has 2 saturated heterocycles. The second kappa shape index (κ2) is 14.5. The van der Waals surface area contributed by atoms with Crippen LogP contribution in [-0.2, 0) is 28.1 Å². The SMILES string of the molecule is [C-]#[N+]CCOP(O[C@@H]1C2OC[C@]1(CC)O[C@H]2N1C=C(C#CCOC(=O)c2ccccc2)C(=O)NC1=C)N(C(C)C)C(C)C. The number of amides is 1. The summed E-state index contributed by atoms with van der Waals surface area (Å²) in [6.45, 7) is 22.2. The highest BCUT2D eigenvalue weighted by atomic mass is 31.2. The number of hydrogen-bond donors (Lipinski definition) is 1. The van der Waals surface area contributed by atoms with Gasteiger partial charge in [-0.2, -0.15) is 0 Å². The van der Waals surface area contributed by atoms with E-state index in [1.807, 2.05) is 13.0 Å². The average molecular weight is 611 g/mol. The highest BCUT2D eigenvalue weighted by Gasteiger charge is 2.64. The Morgan fingerprint density at radius 2 is 2.02 bits per heavy atom. The molecule has 5 atom stereocenters. The summed E-state index contributed by atoms with van der Waals surface area (Å²) in [5, 5.41) is 2.74. The lowest BCUT2D eigenvalue weighted by Gasteiger charge is -2.38. The van der Waals surface area contributed by atoms with E-state index in [4.69, 9.17) is 29.8 Å². The minimum atomic E-state index is -1.53. The van der Waals surface area contributed by atoms with E-state index in [0.29, 0.717) is 24.4 Å². The van der Waals surface area contributed by atoms with Crippen LogP contribution in [0, 0.1) is 18.4 Å². The standard InChI is InChI=1S/C31H39N4O7P/c1-8-31-20-39-26(27(31)42-43(40-18-16-32-7)35(21(2)3)22(4)5)29(41-31)34-19-25(28(36)33-23(34)6)15-12-17-38-30(37)24-13-10-9-11-14-24/h9-11,13-14,19,21-22,26-27,29H,6,8,16-18,20H2,1-5H3,(H,33,36)/t26?,27-,29-,31+,43?/m1/s1. The number of carbonyl (C=O) groups excluding carboxylic acids is 2. The first-order valence-corrected chi connectivity index (χ1v) is 15.5. The molecular formula is C31H39N4O7P. The fourth-order valence-corrected chi connectivity index (χ4v) is 7.04. The Bertz CT molecular complexity index is 1310. The van der Waals surface area contributed by atoms with Crippen molar-refractivity contribution >= 4 is 20.4 Å². The molecule has 3 aliphatic rings. The maximum absolute atomic E-state index is 12.7. The van der Waals surface area contributed by atoms with Crippen molar-refractivity contribution < 1.29 is 32.8 Å². The summed E-state index contributed by atoms with van der Waals surface area (Å²) >= 11 is 0. The molecule has 0 spiro atoms. The molecule has 1 aromatic rings. The van der Waals surface area contributed by atoms with Crippen LogP contribution in [0.5, 0.6) is 0 Å². The summed E-state index contributed by atoms with van der Waals surface area (Å²) < 4.78 is 33.2. The number of carbonyl (C=O) groups is 2. The quantitative estimate of drug-likeness (QED) is 0.123. The molecule has 1 N–H and O–H groups in total. The van der Waals surface area contributed by atoms with Crippen LogP contribution < -0.4 is 5.32 Å². The third kappa shape index (κ3) is 7.27. The van der Waals surface area contributed by atoms with E-state index < -0.39 is 44.4 Å². The first-order valence-electron chi connectivity index (χ1n) is 14.3. The Morgan fingerprint density at radius 1 is 1.30 bits per heavy atom. The topological polar surface area (TPSA) is 103 Å². The number of benzene rings is 1. The minimum absolute atomic E-state index is 0.140. The molecule has 4 rings (SSSR count). The van der Waals surface area contributed by atoms with Gasteiger partial charge in [-0.1, -0.05) is 43.5 Å². The molecule has 3 heterocycles. The number of nitrogens with one attached hydrogen (secondary N) is 1. The molecule has 1 amide bonds. The van der Waals surface area contributed by atoms with Crippen molar-refractivity contribution in [2.75, 3.05) is 26.4 Å². The smallest absolute Gasteiger partial charge is 0.339 e. The van der Waals surface area contributed by atoms with Gasteiger partial charge in [0.05, 0.1) is 12.2 Å². The maximum atomic E-state index is 12.7. The van der Waals surface area contributed by atoms with Crippen LogP contribution in [0.2, 0.25) is 0 Å². The Balaban J connectivity index is 1.52. The van der Waals surface area contributed by atoms with Gasteiger partial charge in [0.15, 0.2) is 12.8 Å². The molecule has 230 valence electrons. The van der Waals surface area contributed by atoms with Gasteiger partial charge in [-0.3, -0.25) is 4.79 Å². The first kappa shape index (κ1) is 32.6. The van der Waals surface area contributed by atoms with E-state index in [0.717, 1.165) is 0 Å². The van der Waals surface area contributed by atoms with Crippen LogP contribution in [0.15, 0.2) is 54.5 Å². The van der Waals surface area contributed by atoms with Gasteiger partial charge in [0.1, 0.15) is 35.8 Å². The van der Waals surface area contributed by atoms with Gasteiger partial charge in [-0.05, 0) is 46.2 Å². The molecule has 1 aromatic carbocycles. The molecule has 0 saturated carbocycles. The van der Waals surface area contributed by atoms with Gasteiger partial charge >= 0.3 is 5.97 Å². The second-order valence-corrected chi connectivity index (χ2v) is 12.3. The Morgan fingerprint density at radius 3 is 2.67 bits per heavy atom. The van der Waals surface area contributed by atoms with Crippen LogP contribution in [0.4, 0.5) is 0 Å². The van der Waals surface area contributed by atoms with E-state index in [2.05, 4.69) is 60.9 Å². The first-order chi connectivity index (χ1) is 20.6. The molecule has 11 nitrogen and oxygen atoms in total. The van der Waals surface area contributed by atoms with Crippen LogP contribution in [0.25, 0.3) is 4.85 Å². The number of nitrogens with zero attached hydrogens (tertiary/aromatic N) is 3. The van der Waals surface area contributed by atoms with E-state index in [9.17, 15) is 9.59 Å². The number of ether oxygens (including phenoxy) is 3. The number of fused-ring (bicyclic) bond motifs is 2. The van der Waals surface area contributed by atoms with E-state index in [-0.39, 0.29) is 37.4 Å². The zero-order valence-corrected chi connectivity index (χ0v) is 26.1. The van der Waals surface area contributed by atoms with Gasteiger partial charge < -0.3 is 38.3 Å². The number of esters is 1. The third-order valence-corrected chi connectivity index (χ3v) is 9.40. The highest BCUT2D eigenvalue weighted by molar-refractivity contribution is 7.44. The van der Waals surface area contributed by atoms with Gasteiger partial charge in [0.25, 0.3) is 14.4 Å². The largest absolute Gasteiger partial charge is 0.449 e. The van der Waals surface area contributed by atoms with Crippen LogP contribution in [0.3, 0.4) is 0 Å². The molecule has 0 aliphatic carbocycles. The van der Waals surface area contributed by atoms with Gasteiger partial charge in [-0.25, -0.2) is 16.0 Å². The molecular weight excluding hydrogens is 571 g/mol. The monoisotopic (exact) mass is 610 g/mol. The summed E-state index contributed by atoms with van der Waals surface area (Å²) in [4.78, 5) is 30.0. The van der Waals surface area contributed by atoms with Crippen molar-refractivity contribution in [3.05, 3.63) is 71.5 Å². The molecule has 3 aliphatic heterocycles. The van der Waals surface area contributed by atoms with E-state index in [1.165, 1.54) is 0 Å². The predicted octanol–water partition coefficient (Wildman–Crippen LogP) is 4.20. The minimum Gasteiger partial charge on any atom is -0.449 e. The molecule has 12 heteroatoms. The third-order valence-electron chi connectivity index (χ3n) is 7.29. The fourth-order valence-electron chi connectivity index (χ4n) is 5.24. The van der Waals surface area contributed by atoms with Crippen molar-refractivity contribution in [3.8, 4) is 11.8 Å². The van der Waals surface area contributed by atoms with Crippen molar-refractivity contribution in [1.29, 1.82) is 0 Å². The lowest BCUT2D eigenvalue weighted by Crippen LogP contribution is -2.49. The Kier molecular flexibility index (Phi) is 11.0. The average Bonchev–Trinajstić information content (AvgIpc) is 3.48. The molecule has 2 fully saturated rings. The lowest BCUT2D eigenvalue weighted by molar-refractivity contribution is -0.182. The highest BCUT2D eigenvalue weighted by Crippen LogP contribution is 2.54. The van der Waals surface area contributed by atoms with Crippen molar-refractivity contribution in [1.82, 2.24) is 14.9 Å². The van der Waals surface area contributed by atoms with Crippen LogP contribution >= 0.6 is 8.53 Å². The van der Waals surface area contributed by atoms with E-state index >= 15 is 0 Å². The number of rotatable bonds is 12. The van der Waals surface area contributed by atoms with Gasteiger partial charge in [0.2, 0.25) is 6.54 Å². The lowest BCUT2D eigenvalue weighted by atomic mass is 9.96. The van der Waals surface area contributed by atoms with Crippen LogP contribution in [0.1, 0.15) is 51.4 Å². The maximum Gasteiger partial charge on any atom is 0.339 e. The Labute approximate surface area is 254 Å². The zero-order chi connectivity index (χ0) is 31.1. The molecule has 2 unspecified atom stereocenters. The number of hydrogen-bond acceptors (Lipinski definition) is 9. The fraction of sp³-hybridized carbons (Fsp3) is 0.516. The summed E-state index contributed by atoms with van der Waals surface area (Å²) in [6, 6.07) is 8.88. The van der Waals surface area contributed by atoms with Crippen molar-refractivity contribution in [3.63, 3.8) is 0 Å². The zero-order valence-electron chi connectivity index (χ0n) is 25.2. The summed E-state index contributed by atoms with van der Waals surface area (Å²) in [5.41, 5.74) is -0.166. The predicted molar refractivity (Wildman–Crippen MR) is 161 cm³/mol. The summed E-state index contributed by atoms with van der Waals surface area (Å²) in [6.07, 6.45) is 0.569. The van der Waals surface area contributed by atoms with Gasteiger partial charge in [-0.15, -0.1) is 0 Å². The van der Waals surface area contributed by atoms with Crippen molar-refractivity contribution in [2.24, 2.45) is 0 Å². The van der Waals surface area contributed by atoms with Crippen molar-refractivity contribution in [2.45, 2.75) is 77.2 Å². The second-order valence-electron chi connectivity index (χ2n) is 10.8. The molecule has 0 radical (unpaired) electrons. The molecule has 0 aromatic heterocycles. The molecule has 43 heavy (non-hydrogen) atoms. The Hall–Kier alpha value is -3.28. The van der Waals surface area contributed by atoms with E-state index in [1.54, 1.807) is 35.4 Å².